The van der Waals surface area contributed by atoms with Crippen LogP contribution in [0.25, 0.3) is 38.3 Å². The summed E-state index contributed by atoms with van der Waals surface area (Å²) < 4.78 is 16.6. The minimum Gasteiger partial charge on any atom is -0.508 e. The molecule has 0 radical (unpaired) electrons. The zero-order chi connectivity index (χ0) is 50.9. The average Bonchev–Trinajstić information content (AvgIpc) is 4.12. The Bertz CT molecular complexity index is 3090. The Hall–Kier alpha value is -5.50. The number of phenolic OH excluding ortho intramolecular Hbond substituents is 2. The Balaban J connectivity index is 1.06. The molecule has 6 aromatic rings. The van der Waals surface area contributed by atoms with Gasteiger partial charge in [0, 0.05) is 84.3 Å². The summed E-state index contributed by atoms with van der Waals surface area (Å²) in [5.41, 5.74) is 0.0794. The standard InChI is InChI=1S/C56H68N4O13/c1-3-44-37-15-16-57-43(37)26-60(44)50-52-32(18-39-46(64)17-29(2)71-53(39)50)20-48(56(72-52)24-40(33-21-49(66)58-25-33)30-9-13-42(41(56)19-30)59-34-7-5-4-6-8-34)73-70-28-55(69,54(68)51(67)47(65)27-61)23-31-10-14-45(63)36-12-11-35(62)22-38(31)36/h10-12,14-18,22,26,30,33-34,40-42,47-48,51,54,57,59,61-63,65,67-69H,3-9,13,19-21,23-25,27-28H2,1-2H3,(H,58,66)/t30-,33+,40-,41-,42-,47+,48+,51+,54-,55-,56-/m0/s1. The van der Waals surface area contributed by atoms with Gasteiger partial charge in [-0.15, -0.1) is 0 Å². The van der Waals surface area contributed by atoms with Crippen LogP contribution in [0.5, 0.6) is 17.2 Å². The van der Waals surface area contributed by atoms with Gasteiger partial charge < -0.3 is 65.1 Å². The number of aromatic hydroxyl groups is 2. The maximum Gasteiger partial charge on any atom is 0.220 e. The second-order valence-electron chi connectivity index (χ2n) is 21.9. The molecule has 17 nitrogen and oxygen atoms in total. The fourth-order valence-corrected chi connectivity index (χ4v) is 13.8. The van der Waals surface area contributed by atoms with Crippen LogP contribution >= 0.6 is 0 Å². The number of nitrogens with one attached hydrogen (secondary N) is 3. The fourth-order valence-electron chi connectivity index (χ4n) is 13.8. The van der Waals surface area contributed by atoms with Crippen molar-refractivity contribution in [2.45, 2.75) is 145 Å². The summed E-state index contributed by atoms with van der Waals surface area (Å²) in [7, 11) is 0. The summed E-state index contributed by atoms with van der Waals surface area (Å²) in [5, 5.41) is 86.7. The molecule has 5 aliphatic rings. The first-order valence-corrected chi connectivity index (χ1v) is 26.3. The first-order valence-electron chi connectivity index (χ1n) is 26.3. The summed E-state index contributed by atoms with van der Waals surface area (Å²) in [4.78, 5) is 43.5. The van der Waals surface area contributed by atoms with E-state index >= 15 is 0 Å². The molecule has 11 rings (SSSR count). The predicted octanol–water partition coefficient (Wildman–Crippen LogP) is 5.40. The quantitative estimate of drug-likeness (QED) is 0.0457. The van der Waals surface area contributed by atoms with Gasteiger partial charge in [0.2, 0.25) is 5.91 Å². The lowest BCUT2D eigenvalue weighted by atomic mass is 9.53. The van der Waals surface area contributed by atoms with E-state index in [0.29, 0.717) is 81.9 Å². The number of aliphatic hydroxyl groups is 5. The molecule has 10 N–H and O–H groups in total. The van der Waals surface area contributed by atoms with Crippen LogP contribution in [0.1, 0.15) is 93.7 Å². The summed E-state index contributed by atoms with van der Waals surface area (Å²) in [6.07, 6.45) is 6.49. The van der Waals surface area contributed by atoms with E-state index in [9.17, 15) is 45.3 Å². The number of aromatic nitrogens is 2. The number of rotatable bonds is 15. The Morgan fingerprint density at radius 3 is 2.53 bits per heavy atom. The highest BCUT2D eigenvalue weighted by Gasteiger charge is 2.62. The largest absolute Gasteiger partial charge is 0.508 e. The number of aryl methyl sites for hydroxylation is 2. The molecule has 3 aromatic heterocycles. The van der Waals surface area contributed by atoms with Gasteiger partial charge in [0.25, 0.3) is 0 Å². The number of amides is 1. The van der Waals surface area contributed by atoms with Gasteiger partial charge in [-0.25, -0.2) is 9.78 Å². The molecule has 390 valence electrons. The first-order chi connectivity index (χ1) is 35.2. The van der Waals surface area contributed by atoms with Gasteiger partial charge in [-0.05, 0) is 117 Å². The van der Waals surface area contributed by atoms with E-state index < -0.39 is 55.3 Å². The SMILES string of the molecule is CCc1c2cc[nH]c2cn1-c1c2c(cc3c(=O)cc(C)oc13)C[C@@H](OOC[C@@](O)(Cc1ccc(O)c3ccc(O)cc13)[C@@H](O)[C@H](O)[C@H](O)CO)[C@@]1(C[C@H]([C@H]3CNC(=O)C3)[C@H]3CC[C@H](NC4CCCCC4)[C@@H]1C3)O2. The van der Waals surface area contributed by atoms with Crippen LogP contribution in [0.4, 0.5) is 0 Å². The molecule has 17 heteroatoms. The van der Waals surface area contributed by atoms with Crippen LogP contribution in [0.3, 0.4) is 0 Å². The van der Waals surface area contributed by atoms with Gasteiger partial charge >= 0.3 is 0 Å². The Morgan fingerprint density at radius 1 is 0.945 bits per heavy atom. The average molecular weight is 1010 g/mol. The van der Waals surface area contributed by atoms with E-state index in [1.807, 2.05) is 24.5 Å². The van der Waals surface area contributed by atoms with E-state index in [0.717, 1.165) is 61.5 Å². The van der Waals surface area contributed by atoms with Crippen LogP contribution in [0.15, 0.2) is 70.1 Å². The van der Waals surface area contributed by atoms with E-state index in [1.165, 1.54) is 42.8 Å². The molecule has 3 saturated carbocycles. The molecule has 11 atom stereocenters. The molecule has 2 bridgehead atoms. The number of aromatic amines is 1. The molecule has 4 fully saturated rings. The minimum atomic E-state index is -2.43. The molecule has 1 amide bonds. The molecule has 2 aliphatic heterocycles. The summed E-state index contributed by atoms with van der Waals surface area (Å²) in [6, 6.07) is 12.9. The van der Waals surface area contributed by atoms with Crippen molar-refractivity contribution in [3.63, 3.8) is 0 Å². The van der Waals surface area contributed by atoms with E-state index in [2.05, 4.69) is 27.1 Å². The lowest BCUT2D eigenvalue weighted by Crippen LogP contribution is -2.68. The molecule has 73 heavy (non-hydrogen) atoms. The molecule has 0 unspecified atom stereocenters. The zero-order valence-electron chi connectivity index (χ0n) is 41.4. The van der Waals surface area contributed by atoms with E-state index in [4.69, 9.17) is 18.9 Å². The molecular formula is C56H68N4O13. The highest BCUT2D eigenvalue weighted by Crippen LogP contribution is 2.58. The van der Waals surface area contributed by atoms with Crippen molar-refractivity contribution in [1.82, 2.24) is 20.2 Å². The monoisotopic (exact) mass is 1000 g/mol. The van der Waals surface area contributed by atoms with Crippen LogP contribution in [0, 0.1) is 30.6 Å². The smallest absolute Gasteiger partial charge is 0.220 e. The molecule has 5 heterocycles. The first kappa shape index (κ1) is 49.7. The van der Waals surface area contributed by atoms with Crippen molar-refractivity contribution < 1.29 is 59.5 Å². The number of hydrogen-bond acceptors (Lipinski definition) is 14. The van der Waals surface area contributed by atoms with Gasteiger partial charge in [-0.1, -0.05) is 32.3 Å². The fraction of sp³-hybridized carbons (Fsp3) is 0.536. The normalized spacial score (nSPS) is 27.5. The molecule has 1 spiro atoms. The number of aliphatic hydroxyl groups excluding tert-OH is 4. The Morgan fingerprint density at radius 2 is 1.77 bits per heavy atom. The van der Waals surface area contributed by atoms with Gasteiger partial charge in [0.05, 0.1) is 17.5 Å². The minimum absolute atomic E-state index is 0.00403. The van der Waals surface area contributed by atoms with Gasteiger partial charge in [-0.2, -0.15) is 0 Å². The van der Waals surface area contributed by atoms with Crippen molar-refractivity contribution >= 4 is 38.6 Å². The van der Waals surface area contributed by atoms with Crippen LogP contribution in [-0.4, -0.2) is 119 Å². The molecule has 3 aromatic carbocycles. The molecule has 3 aliphatic carbocycles. The highest BCUT2D eigenvalue weighted by molar-refractivity contribution is 5.93. The number of carbonyl (C=O) groups is 1. The highest BCUT2D eigenvalue weighted by atomic mass is 17.2. The van der Waals surface area contributed by atoms with Gasteiger partial charge in [0.15, 0.2) is 16.8 Å². The third-order valence-corrected chi connectivity index (χ3v) is 17.5. The Labute approximate surface area is 422 Å². The lowest BCUT2D eigenvalue weighted by molar-refractivity contribution is -0.381. The second kappa shape index (κ2) is 19.6. The summed E-state index contributed by atoms with van der Waals surface area (Å²) in [6.45, 7) is 2.69. The number of fused-ring (bicyclic) bond motifs is 7. The number of phenols is 2. The lowest BCUT2D eigenvalue weighted by Gasteiger charge is -2.59. The molecular weight excluding hydrogens is 937 g/mol. The third kappa shape index (κ3) is 8.88. The maximum absolute atomic E-state index is 14.1. The summed E-state index contributed by atoms with van der Waals surface area (Å²) >= 11 is 0. The number of ether oxygens (including phenoxy) is 1. The van der Waals surface area contributed by atoms with Crippen LogP contribution < -0.4 is 20.8 Å². The topological polar surface area (TPSA) is 261 Å². The Kier molecular flexibility index (Phi) is 13.4. The number of nitrogens with zero attached hydrogens (tertiary/aromatic N) is 1. The predicted molar refractivity (Wildman–Crippen MR) is 271 cm³/mol. The van der Waals surface area contributed by atoms with Gasteiger partial charge in [-0.3, -0.25) is 9.59 Å². The van der Waals surface area contributed by atoms with Crippen LogP contribution in [0.2, 0.25) is 0 Å². The van der Waals surface area contributed by atoms with Crippen molar-refractivity contribution in [3.8, 4) is 22.9 Å². The molecule has 1 saturated heterocycles. The van der Waals surface area contributed by atoms with Crippen LogP contribution in [-0.2, 0) is 33.8 Å². The third-order valence-electron chi connectivity index (χ3n) is 17.5. The zero-order valence-corrected chi connectivity index (χ0v) is 41.4. The van der Waals surface area contributed by atoms with E-state index in [-0.39, 0.29) is 59.0 Å². The number of benzene rings is 3. The number of carbonyl (C=O) groups excluding carboxylic acids is 1. The number of hydrogen-bond donors (Lipinski definition) is 10. The van der Waals surface area contributed by atoms with E-state index in [1.54, 1.807) is 6.92 Å². The summed E-state index contributed by atoms with van der Waals surface area (Å²) in [5.74, 6) is 0.991. The second-order valence-corrected chi connectivity index (χ2v) is 21.9. The van der Waals surface area contributed by atoms with Gasteiger partial charge in [0.1, 0.15) is 65.2 Å². The van der Waals surface area contributed by atoms with Crippen molar-refractivity contribution in [2.75, 3.05) is 19.8 Å². The number of H-pyrrole nitrogens is 1. The van der Waals surface area contributed by atoms with Crippen molar-refractivity contribution in [1.29, 1.82) is 0 Å². The van der Waals surface area contributed by atoms with Crippen molar-refractivity contribution in [2.24, 2.45) is 23.7 Å². The maximum atomic E-state index is 14.1. The van der Waals surface area contributed by atoms with Crippen molar-refractivity contribution in [3.05, 3.63) is 93.7 Å².